The predicted octanol–water partition coefficient (Wildman–Crippen LogP) is 6.36. The molecule has 29 heavy (non-hydrogen) atoms. The number of benzene rings is 1. The quantitative estimate of drug-likeness (QED) is 0.341. The van der Waals surface area contributed by atoms with Crippen LogP contribution >= 0.6 is 11.6 Å². The highest BCUT2D eigenvalue weighted by Gasteiger charge is 2.12. The Kier molecular flexibility index (Phi) is 11.4. The highest BCUT2D eigenvalue weighted by molar-refractivity contribution is 6.33. The van der Waals surface area contributed by atoms with Crippen LogP contribution in [-0.2, 0) is 11.2 Å². The lowest BCUT2D eigenvalue weighted by atomic mass is 10.1. The van der Waals surface area contributed by atoms with E-state index in [0.29, 0.717) is 35.2 Å². The van der Waals surface area contributed by atoms with Crippen molar-refractivity contribution in [1.29, 1.82) is 0 Å². The minimum atomic E-state index is 0.0263. The average molecular weight is 420 g/mol. The van der Waals surface area contributed by atoms with Gasteiger partial charge in [-0.3, -0.25) is 4.79 Å². The molecule has 0 saturated heterocycles. The standard InChI is InChI=1S/C23H34ClN3O2/c1-2-3-4-5-6-7-8-9-10-13-18-25-21(28)16-17-22-26-27-23(29-22)19-14-11-12-15-20(19)24/h11-12,14-15H,2-10,13,16-18H2,1H3,(H,25,28). The van der Waals surface area contributed by atoms with Crippen LogP contribution in [0.25, 0.3) is 11.5 Å². The number of nitrogens with one attached hydrogen (secondary N) is 1. The summed E-state index contributed by atoms with van der Waals surface area (Å²) in [4.78, 5) is 12.0. The van der Waals surface area contributed by atoms with Gasteiger partial charge in [0.1, 0.15) is 0 Å². The molecule has 0 spiro atoms. The predicted molar refractivity (Wildman–Crippen MR) is 118 cm³/mol. The van der Waals surface area contributed by atoms with Gasteiger partial charge in [-0.05, 0) is 18.6 Å². The molecule has 0 unspecified atom stereocenters. The number of carbonyl (C=O) groups excluding carboxylic acids is 1. The third-order valence-corrected chi connectivity index (χ3v) is 5.32. The second kappa shape index (κ2) is 14.2. The van der Waals surface area contributed by atoms with Gasteiger partial charge >= 0.3 is 0 Å². The second-order valence-corrected chi connectivity index (χ2v) is 7.92. The van der Waals surface area contributed by atoms with Crippen molar-refractivity contribution >= 4 is 17.5 Å². The van der Waals surface area contributed by atoms with Crippen LogP contribution in [0.5, 0.6) is 0 Å². The van der Waals surface area contributed by atoms with Crippen LogP contribution in [0.2, 0.25) is 5.02 Å². The van der Waals surface area contributed by atoms with Gasteiger partial charge in [0.05, 0.1) is 10.6 Å². The molecule has 0 atom stereocenters. The molecule has 5 nitrogen and oxygen atoms in total. The fourth-order valence-corrected chi connectivity index (χ4v) is 3.46. The lowest BCUT2D eigenvalue weighted by Crippen LogP contribution is -2.24. The third-order valence-electron chi connectivity index (χ3n) is 4.99. The topological polar surface area (TPSA) is 68.0 Å². The smallest absolute Gasteiger partial charge is 0.249 e. The molecule has 1 heterocycles. The van der Waals surface area contributed by atoms with E-state index < -0.39 is 0 Å². The van der Waals surface area contributed by atoms with Gasteiger partial charge in [0.25, 0.3) is 0 Å². The lowest BCUT2D eigenvalue weighted by Gasteiger charge is -2.05. The Morgan fingerprint density at radius 1 is 0.966 bits per heavy atom. The number of aryl methyl sites for hydroxylation is 1. The van der Waals surface area contributed by atoms with Gasteiger partial charge in [-0.1, -0.05) is 88.4 Å². The number of aromatic nitrogens is 2. The second-order valence-electron chi connectivity index (χ2n) is 7.51. The molecular weight excluding hydrogens is 386 g/mol. The van der Waals surface area contributed by atoms with Crippen LogP contribution in [-0.4, -0.2) is 22.6 Å². The summed E-state index contributed by atoms with van der Waals surface area (Å²) >= 11 is 6.14. The molecule has 0 fully saturated rings. The number of nitrogens with zero attached hydrogens (tertiary/aromatic N) is 2. The van der Waals surface area contributed by atoms with Gasteiger partial charge in [-0.2, -0.15) is 0 Å². The van der Waals surface area contributed by atoms with Gasteiger partial charge in [0.2, 0.25) is 17.7 Å². The zero-order chi connectivity index (χ0) is 20.7. The maximum absolute atomic E-state index is 12.0. The summed E-state index contributed by atoms with van der Waals surface area (Å²) < 4.78 is 5.63. The molecule has 2 aromatic rings. The van der Waals surface area contributed by atoms with Gasteiger partial charge < -0.3 is 9.73 Å². The summed E-state index contributed by atoms with van der Waals surface area (Å²) in [7, 11) is 0. The number of amides is 1. The first-order valence-corrected chi connectivity index (χ1v) is 11.4. The lowest BCUT2D eigenvalue weighted by molar-refractivity contribution is -0.121. The fourth-order valence-electron chi connectivity index (χ4n) is 3.25. The van der Waals surface area contributed by atoms with Crippen molar-refractivity contribution in [2.24, 2.45) is 0 Å². The first kappa shape index (κ1) is 23.4. The fraction of sp³-hybridized carbons (Fsp3) is 0.609. The normalized spacial score (nSPS) is 11.0. The minimum Gasteiger partial charge on any atom is -0.421 e. The van der Waals surface area contributed by atoms with E-state index in [2.05, 4.69) is 22.4 Å². The van der Waals surface area contributed by atoms with Gasteiger partial charge in [-0.25, -0.2) is 0 Å². The van der Waals surface area contributed by atoms with Crippen molar-refractivity contribution in [3.8, 4) is 11.5 Å². The molecule has 1 aromatic carbocycles. The van der Waals surface area contributed by atoms with Crippen LogP contribution in [0.3, 0.4) is 0 Å². The van der Waals surface area contributed by atoms with Crippen LogP contribution < -0.4 is 5.32 Å². The van der Waals surface area contributed by atoms with Crippen molar-refractivity contribution in [3.05, 3.63) is 35.2 Å². The number of hydrogen-bond acceptors (Lipinski definition) is 4. The molecule has 2 rings (SSSR count). The van der Waals surface area contributed by atoms with Crippen LogP contribution in [0.15, 0.2) is 28.7 Å². The Hall–Kier alpha value is -1.88. The van der Waals surface area contributed by atoms with Crippen LogP contribution in [0.1, 0.15) is 83.4 Å². The van der Waals surface area contributed by atoms with Gasteiger partial charge in [0, 0.05) is 19.4 Å². The summed E-state index contributed by atoms with van der Waals surface area (Å²) in [6.07, 6.45) is 13.7. The maximum Gasteiger partial charge on any atom is 0.249 e. The number of rotatable bonds is 15. The Bertz CT molecular complexity index is 718. The first-order chi connectivity index (χ1) is 14.2. The summed E-state index contributed by atoms with van der Waals surface area (Å²) in [6, 6.07) is 7.33. The summed E-state index contributed by atoms with van der Waals surface area (Å²) in [5.41, 5.74) is 0.707. The Morgan fingerprint density at radius 3 is 2.31 bits per heavy atom. The zero-order valence-corrected chi connectivity index (χ0v) is 18.3. The van der Waals surface area contributed by atoms with E-state index in [1.54, 1.807) is 6.07 Å². The molecule has 0 aliphatic heterocycles. The van der Waals surface area contributed by atoms with Gasteiger partial charge in [-0.15, -0.1) is 10.2 Å². The van der Waals surface area contributed by atoms with E-state index in [9.17, 15) is 4.79 Å². The first-order valence-electron chi connectivity index (χ1n) is 11.0. The largest absolute Gasteiger partial charge is 0.421 e. The summed E-state index contributed by atoms with van der Waals surface area (Å²) in [5.74, 6) is 0.865. The van der Waals surface area contributed by atoms with Crippen LogP contribution in [0, 0.1) is 0 Å². The van der Waals surface area contributed by atoms with Crippen molar-refractivity contribution in [2.45, 2.75) is 84.0 Å². The SMILES string of the molecule is CCCCCCCCCCCCNC(=O)CCc1nnc(-c2ccccc2Cl)o1. The number of halogens is 1. The van der Waals surface area contributed by atoms with E-state index >= 15 is 0 Å². The average Bonchev–Trinajstić information content (AvgIpc) is 3.19. The van der Waals surface area contributed by atoms with Crippen LogP contribution in [0.4, 0.5) is 0 Å². The molecular formula is C23H34ClN3O2. The van der Waals surface area contributed by atoms with Gasteiger partial charge in [0.15, 0.2) is 0 Å². The van der Waals surface area contributed by atoms with E-state index in [1.807, 2.05) is 18.2 Å². The molecule has 1 amide bonds. The molecule has 0 saturated carbocycles. The summed E-state index contributed by atoms with van der Waals surface area (Å²) in [5, 5.41) is 11.6. The van der Waals surface area contributed by atoms with Crippen molar-refractivity contribution in [2.75, 3.05) is 6.54 Å². The molecule has 1 N–H and O–H groups in total. The number of carbonyl (C=O) groups is 1. The third kappa shape index (κ3) is 9.44. The molecule has 0 bridgehead atoms. The monoisotopic (exact) mass is 419 g/mol. The van der Waals surface area contributed by atoms with E-state index in [4.69, 9.17) is 16.0 Å². The highest BCUT2D eigenvalue weighted by atomic mass is 35.5. The summed E-state index contributed by atoms with van der Waals surface area (Å²) in [6.45, 7) is 2.99. The molecule has 0 radical (unpaired) electrons. The molecule has 0 aliphatic carbocycles. The highest BCUT2D eigenvalue weighted by Crippen LogP contribution is 2.26. The molecule has 6 heteroatoms. The van der Waals surface area contributed by atoms with E-state index in [-0.39, 0.29) is 5.91 Å². The molecule has 0 aliphatic rings. The van der Waals surface area contributed by atoms with E-state index in [0.717, 1.165) is 13.0 Å². The Labute approximate surface area is 179 Å². The maximum atomic E-state index is 12.0. The number of unbranched alkanes of at least 4 members (excludes halogenated alkanes) is 9. The Balaban J connectivity index is 1.51. The van der Waals surface area contributed by atoms with Crippen molar-refractivity contribution < 1.29 is 9.21 Å². The Morgan fingerprint density at radius 2 is 1.62 bits per heavy atom. The van der Waals surface area contributed by atoms with Crippen molar-refractivity contribution in [1.82, 2.24) is 15.5 Å². The molecule has 1 aromatic heterocycles. The number of hydrogen-bond donors (Lipinski definition) is 1. The molecule has 160 valence electrons. The van der Waals surface area contributed by atoms with Crippen molar-refractivity contribution in [3.63, 3.8) is 0 Å². The zero-order valence-electron chi connectivity index (χ0n) is 17.6. The minimum absolute atomic E-state index is 0.0263. The van der Waals surface area contributed by atoms with E-state index in [1.165, 1.54) is 57.8 Å².